The summed E-state index contributed by atoms with van der Waals surface area (Å²) in [5.41, 5.74) is 3.59. The molecule has 1 aromatic carbocycles. The van der Waals surface area contributed by atoms with E-state index in [0.29, 0.717) is 55.8 Å². The highest BCUT2D eigenvalue weighted by Gasteiger charge is 2.34. The number of thiazole rings is 1. The smallest absolute Gasteiger partial charge is 0.407 e. The van der Waals surface area contributed by atoms with Gasteiger partial charge < -0.3 is 14.8 Å². The molecule has 2 fully saturated rings. The quantitative estimate of drug-likeness (QED) is 0.262. The Bertz CT molecular complexity index is 1420. The standard InChI is InChI=1S/C35H46N4O4S/c1-22(2)33-38-20-31(44-33)28-16-17-37-32(19-28)39(34(40)26-10-13-29(14-11-26)43-35(41)36-4)21-24-6-8-25(9-7-24)27-12-15-30(42-5)23(3)18-27/h12,15-20,22,24-26,29H,6-11,13-14,21H2,1-5H3,(H,36,41). The van der Waals surface area contributed by atoms with Gasteiger partial charge in [0.15, 0.2) is 0 Å². The third kappa shape index (κ3) is 7.60. The average Bonchev–Trinajstić information content (AvgIpc) is 3.55. The van der Waals surface area contributed by atoms with Crippen molar-refractivity contribution in [3.05, 3.63) is 58.9 Å². The van der Waals surface area contributed by atoms with Crippen LogP contribution in [0.25, 0.3) is 10.4 Å². The number of aromatic nitrogens is 2. The topological polar surface area (TPSA) is 93.7 Å². The highest BCUT2D eigenvalue weighted by Crippen LogP contribution is 2.39. The molecular weight excluding hydrogens is 572 g/mol. The summed E-state index contributed by atoms with van der Waals surface area (Å²) in [6.45, 7) is 7.07. The van der Waals surface area contributed by atoms with E-state index in [4.69, 9.17) is 14.5 Å². The van der Waals surface area contributed by atoms with Crippen LogP contribution in [0, 0.1) is 18.8 Å². The number of rotatable bonds is 9. The second-order valence-electron chi connectivity index (χ2n) is 12.6. The first-order valence-electron chi connectivity index (χ1n) is 16.0. The second-order valence-corrected chi connectivity index (χ2v) is 13.7. The molecule has 2 saturated carbocycles. The number of methoxy groups -OCH3 is 1. The summed E-state index contributed by atoms with van der Waals surface area (Å²) in [6, 6.07) is 10.6. The summed E-state index contributed by atoms with van der Waals surface area (Å²) in [5.74, 6) is 2.96. The van der Waals surface area contributed by atoms with Crippen LogP contribution in [0.4, 0.5) is 10.6 Å². The number of nitrogens with zero attached hydrogens (tertiary/aromatic N) is 3. The predicted octanol–water partition coefficient (Wildman–Crippen LogP) is 7.87. The first-order valence-corrected chi connectivity index (χ1v) is 16.8. The third-order valence-electron chi connectivity index (χ3n) is 9.27. The summed E-state index contributed by atoms with van der Waals surface area (Å²) in [7, 11) is 3.28. The molecule has 1 N–H and O–H groups in total. The molecule has 9 heteroatoms. The molecule has 0 unspecified atom stereocenters. The fourth-order valence-corrected chi connectivity index (χ4v) is 7.57. The lowest BCUT2D eigenvalue weighted by Gasteiger charge is -2.35. The van der Waals surface area contributed by atoms with E-state index in [2.05, 4.69) is 55.3 Å². The summed E-state index contributed by atoms with van der Waals surface area (Å²) in [6.07, 6.45) is 10.3. The highest BCUT2D eigenvalue weighted by atomic mass is 32.1. The number of hydrogen-bond acceptors (Lipinski definition) is 7. The van der Waals surface area contributed by atoms with E-state index in [1.165, 1.54) is 11.1 Å². The maximum Gasteiger partial charge on any atom is 0.407 e. The Morgan fingerprint density at radius 1 is 1.02 bits per heavy atom. The van der Waals surface area contributed by atoms with Gasteiger partial charge in [0.1, 0.15) is 17.7 Å². The largest absolute Gasteiger partial charge is 0.496 e. The molecule has 0 atom stereocenters. The van der Waals surface area contributed by atoms with Crippen LogP contribution in [-0.4, -0.2) is 48.8 Å². The van der Waals surface area contributed by atoms with Crippen LogP contribution in [0.5, 0.6) is 5.75 Å². The van der Waals surface area contributed by atoms with Gasteiger partial charge in [-0.25, -0.2) is 14.8 Å². The molecule has 2 heterocycles. The van der Waals surface area contributed by atoms with Crippen molar-refractivity contribution in [2.75, 3.05) is 25.6 Å². The van der Waals surface area contributed by atoms with E-state index in [0.717, 1.165) is 46.9 Å². The Balaban J connectivity index is 1.32. The maximum absolute atomic E-state index is 14.2. The lowest BCUT2D eigenvalue weighted by molar-refractivity contribution is -0.124. The molecule has 236 valence electrons. The molecule has 2 aromatic heterocycles. The van der Waals surface area contributed by atoms with Crippen LogP contribution in [0.3, 0.4) is 0 Å². The number of carbonyl (C=O) groups is 2. The number of amides is 2. The molecule has 0 aliphatic heterocycles. The highest BCUT2D eigenvalue weighted by molar-refractivity contribution is 7.15. The Labute approximate surface area is 265 Å². The van der Waals surface area contributed by atoms with Crippen LogP contribution >= 0.6 is 11.3 Å². The van der Waals surface area contributed by atoms with Crippen molar-refractivity contribution in [1.82, 2.24) is 15.3 Å². The zero-order valence-corrected chi connectivity index (χ0v) is 27.5. The summed E-state index contributed by atoms with van der Waals surface area (Å²) < 4.78 is 11.0. The first kappa shape index (κ1) is 31.9. The van der Waals surface area contributed by atoms with Gasteiger partial charge in [0.25, 0.3) is 0 Å². The molecular formula is C35H46N4O4S. The van der Waals surface area contributed by atoms with Gasteiger partial charge in [0.2, 0.25) is 5.91 Å². The number of ether oxygens (including phenoxy) is 2. The van der Waals surface area contributed by atoms with Crippen LogP contribution < -0.4 is 15.0 Å². The van der Waals surface area contributed by atoms with Gasteiger partial charge in [-0.15, -0.1) is 11.3 Å². The van der Waals surface area contributed by atoms with Gasteiger partial charge in [-0.3, -0.25) is 9.69 Å². The van der Waals surface area contributed by atoms with Gasteiger partial charge in [-0.2, -0.15) is 0 Å². The molecule has 2 aliphatic carbocycles. The minimum atomic E-state index is -0.411. The Hall–Kier alpha value is -3.46. The number of hydrogen-bond donors (Lipinski definition) is 1. The van der Waals surface area contributed by atoms with E-state index in [1.54, 1.807) is 25.5 Å². The fraction of sp³-hybridized carbons (Fsp3) is 0.543. The zero-order valence-electron chi connectivity index (χ0n) is 26.7. The molecule has 8 nitrogen and oxygen atoms in total. The molecule has 0 radical (unpaired) electrons. The number of alkyl carbamates (subject to hydrolysis) is 1. The van der Waals surface area contributed by atoms with Crippen molar-refractivity contribution < 1.29 is 19.1 Å². The molecule has 2 aliphatic rings. The van der Waals surface area contributed by atoms with Crippen LogP contribution in [0.15, 0.2) is 42.7 Å². The van der Waals surface area contributed by atoms with Gasteiger partial charge in [0, 0.05) is 37.8 Å². The maximum atomic E-state index is 14.2. The summed E-state index contributed by atoms with van der Waals surface area (Å²) in [5, 5.41) is 3.63. The van der Waals surface area contributed by atoms with Crippen molar-refractivity contribution in [2.45, 2.75) is 90.1 Å². The number of anilines is 1. The lowest BCUT2D eigenvalue weighted by atomic mass is 9.78. The summed E-state index contributed by atoms with van der Waals surface area (Å²) in [4.78, 5) is 38.4. The van der Waals surface area contributed by atoms with Gasteiger partial charge in [-0.1, -0.05) is 26.0 Å². The fourth-order valence-electron chi connectivity index (χ4n) is 6.65. The predicted molar refractivity (Wildman–Crippen MR) is 176 cm³/mol. The molecule has 0 saturated heterocycles. The third-order valence-corrected chi connectivity index (χ3v) is 10.6. The number of pyridine rings is 1. The van der Waals surface area contributed by atoms with Gasteiger partial charge in [-0.05, 0) is 105 Å². The normalized spacial score (nSPS) is 22.0. The van der Waals surface area contributed by atoms with Crippen molar-refractivity contribution in [1.29, 1.82) is 0 Å². The molecule has 0 spiro atoms. The Kier molecular flexibility index (Phi) is 10.6. The van der Waals surface area contributed by atoms with E-state index in [-0.39, 0.29) is 17.9 Å². The van der Waals surface area contributed by atoms with Crippen LogP contribution in [0.2, 0.25) is 0 Å². The zero-order chi connectivity index (χ0) is 31.2. The van der Waals surface area contributed by atoms with Gasteiger partial charge in [0.05, 0.1) is 17.0 Å². The number of nitrogens with one attached hydrogen (secondary N) is 1. The minimum absolute atomic E-state index is 0.112. The Morgan fingerprint density at radius 3 is 2.41 bits per heavy atom. The molecule has 3 aromatic rings. The summed E-state index contributed by atoms with van der Waals surface area (Å²) >= 11 is 1.70. The molecule has 5 rings (SSSR count). The van der Waals surface area contributed by atoms with Crippen LogP contribution in [0.1, 0.15) is 93.2 Å². The van der Waals surface area contributed by atoms with Crippen molar-refractivity contribution >= 4 is 29.2 Å². The minimum Gasteiger partial charge on any atom is -0.496 e. The average molecular weight is 619 g/mol. The van der Waals surface area contributed by atoms with E-state index in [1.807, 2.05) is 23.4 Å². The molecule has 44 heavy (non-hydrogen) atoms. The number of benzene rings is 1. The SMILES string of the molecule is CNC(=O)OC1CCC(C(=O)N(CC2CCC(c3ccc(OC)c(C)c3)CC2)c2cc(-c3cnc(C(C)C)s3)ccn2)CC1. The Morgan fingerprint density at radius 2 is 1.77 bits per heavy atom. The van der Waals surface area contributed by atoms with E-state index in [9.17, 15) is 9.59 Å². The number of carbonyl (C=O) groups excluding carboxylic acids is 2. The van der Waals surface area contributed by atoms with Crippen molar-refractivity contribution in [2.24, 2.45) is 11.8 Å². The number of aryl methyl sites for hydroxylation is 1. The molecule has 0 bridgehead atoms. The van der Waals surface area contributed by atoms with E-state index < -0.39 is 6.09 Å². The van der Waals surface area contributed by atoms with Crippen molar-refractivity contribution in [3.8, 4) is 16.2 Å². The lowest BCUT2D eigenvalue weighted by Crippen LogP contribution is -2.42. The molecule has 2 amide bonds. The van der Waals surface area contributed by atoms with Crippen LogP contribution in [-0.2, 0) is 9.53 Å². The van der Waals surface area contributed by atoms with E-state index >= 15 is 0 Å². The van der Waals surface area contributed by atoms with Gasteiger partial charge >= 0.3 is 6.09 Å². The monoisotopic (exact) mass is 618 g/mol. The first-order chi connectivity index (χ1) is 21.2. The second kappa shape index (κ2) is 14.5. The van der Waals surface area contributed by atoms with Crippen molar-refractivity contribution in [3.63, 3.8) is 0 Å².